The molecule has 0 atom stereocenters. The zero-order chi connectivity index (χ0) is 25.7. The molecule has 0 unspecified atom stereocenters. The highest BCUT2D eigenvalue weighted by atomic mass is 16.5. The number of rotatable bonds is 7. The van der Waals surface area contributed by atoms with E-state index in [-0.39, 0.29) is 17.9 Å². The summed E-state index contributed by atoms with van der Waals surface area (Å²) >= 11 is 0. The van der Waals surface area contributed by atoms with Gasteiger partial charge in [0.15, 0.2) is 5.76 Å². The fourth-order valence-electron chi connectivity index (χ4n) is 4.17. The molecule has 1 aliphatic rings. The van der Waals surface area contributed by atoms with Crippen molar-refractivity contribution in [3.63, 3.8) is 0 Å². The number of furan rings is 1. The molecule has 0 bridgehead atoms. The van der Waals surface area contributed by atoms with Gasteiger partial charge in [0.25, 0.3) is 11.8 Å². The predicted molar refractivity (Wildman–Crippen MR) is 134 cm³/mol. The van der Waals surface area contributed by atoms with Gasteiger partial charge in [-0.2, -0.15) is 5.10 Å². The number of carbonyl (C=O) groups excluding carboxylic acids is 3. The van der Waals surface area contributed by atoms with E-state index in [1.165, 1.54) is 7.11 Å². The van der Waals surface area contributed by atoms with Gasteiger partial charge >= 0.3 is 5.97 Å². The zero-order valence-electron chi connectivity index (χ0n) is 20.3. The summed E-state index contributed by atoms with van der Waals surface area (Å²) in [5.74, 6) is -0.208. The van der Waals surface area contributed by atoms with Crippen LogP contribution in [0.1, 0.15) is 67.9 Å². The first-order chi connectivity index (χ1) is 17.4. The number of hydrogen-bond donors (Lipinski definition) is 2. The van der Waals surface area contributed by atoms with Crippen molar-refractivity contribution in [2.24, 2.45) is 5.10 Å². The maximum absolute atomic E-state index is 13.1. The molecule has 0 radical (unpaired) electrons. The van der Waals surface area contributed by atoms with Gasteiger partial charge in [0.05, 0.1) is 36.2 Å². The van der Waals surface area contributed by atoms with E-state index in [9.17, 15) is 14.4 Å². The van der Waals surface area contributed by atoms with E-state index in [4.69, 9.17) is 13.9 Å². The van der Waals surface area contributed by atoms with Crippen molar-refractivity contribution in [2.45, 2.75) is 33.1 Å². The molecule has 2 N–H and O–H groups in total. The van der Waals surface area contributed by atoms with E-state index in [0.29, 0.717) is 52.4 Å². The number of ether oxygens (including phenoxy) is 2. The zero-order valence-corrected chi connectivity index (χ0v) is 20.3. The average Bonchev–Trinajstić information content (AvgIpc) is 3.24. The first-order valence-electron chi connectivity index (χ1n) is 11.6. The Morgan fingerprint density at radius 2 is 1.72 bits per heavy atom. The maximum Gasteiger partial charge on any atom is 0.340 e. The summed E-state index contributed by atoms with van der Waals surface area (Å²) in [6, 6.07) is 13.5. The van der Waals surface area contributed by atoms with Gasteiger partial charge in [-0.05, 0) is 51.0 Å². The van der Waals surface area contributed by atoms with Gasteiger partial charge in [0, 0.05) is 17.5 Å². The van der Waals surface area contributed by atoms with Gasteiger partial charge in [-0.3, -0.25) is 9.59 Å². The normalized spacial score (nSPS) is 13.6. The Bertz CT molecular complexity index is 1340. The van der Waals surface area contributed by atoms with Crippen LogP contribution < -0.4 is 15.5 Å². The van der Waals surface area contributed by atoms with Crippen molar-refractivity contribution in [2.75, 3.05) is 19.0 Å². The van der Waals surface area contributed by atoms with Gasteiger partial charge in [-0.1, -0.05) is 24.3 Å². The number of anilines is 1. The van der Waals surface area contributed by atoms with Crippen molar-refractivity contribution in [1.29, 1.82) is 0 Å². The second kappa shape index (κ2) is 10.9. The number of methoxy groups -OCH3 is 1. The minimum Gasteiger partial charge on any atom is -0.496 e. The second-order valence-corrected chi connectivity index (χ2v) is 8.13. The number of hydrogen-bond acceptors (Lipinski definition) is 7. The summed E-state index contributed by atoms with van der Waals surface area (Å²) in [5, 5.41) is 7.12. The fraction of sp³-hybridized carbons (Fsp3) is 0.259. The highest BCUT2D eigenvalue weighted by molar-refractivity contribution is 6.11. The molecule has 1 aliphatic carbocycles. The van der Waals surface area contributed by atoms with Crippen LogP contribution in [0.4, 0.5) is 5.69 Å². The summed E-state index contributed by atoms with van der Waals surface area (Å²) < 4.78 is 16.3. The lowest BCUT2D eigenvalue weighted by molar-refractivity contribution is 0.0527. The van der Waals surface area contributed by atoms with Crippen LogP contribution in [-0.2, 0) is 11.2 Å². The Morgan fingerprint density at radius 1 is 1.00 bits per heavy atom. The third-order valence-electron chi connectivity index (χ3n) is 5.85. The average molecular weight is 490 g/mol. The smallest absolute Gasteiger partial charge is 0.340 e. The largest absolute Gasteiger partial charge is 0.496 e. The van der Waals surface area contributed by atoms with Crippen LogP contribution in [0.25, 0.3) is 0 Å². The molecule has 4 rings (SSSR count). The SMILES string of the molecule is CCOC(=O)c1ccccc1NC(=O)c1oc2c(c1C)/C(=N/NC(=O)c1ccccc1OC)CCC2. The number of hydrazone groups is 1. The Morgan fingerprint density at radius 3 is 2.47 bits per heavy atom. The Hall–Kier alpha value is -4.40. The molecule has 0 saturated carbocycles. The van der Waals surface area contributed by atoms with Gasteiger partial charge in [0.2, 0.25) is 0 Å². The van der Waals surface area contributed by atoms with Crippen LogP contribution >= 0.6 is 0 Å². The van der Waals surface area contributed by atoms with Gasteiger partial charge in [0.1, 0.15) is 11.5 Å². The van der Waals surface area contributed by atoms with Crippen molar-refractivity contribution < 1.29 is 28.3 Å². The minimum atomic E-state index is -0.524. The molecule has 9 nitrogen and oxygen atoms in total. The number of carbonyl (C=O) groups is 3. The molecule has 36 heavy (non-hydrogen) atoms. The summed E-state index contributed by atoms with van der Waals surface area (Å²) in [6.07, 6.45) is 2.02. The van der Waals surface area contributed by atoms with E-state index < -0.39 is 17.8 Å². The summed E-state index contributed by atoms with van der Waals surface area (Å²) in [5.41, 5.74) is 5.50. The maximum atomic E-state index is 13.1. The number of benzene rings is 2. The van der Waals surface area contributed by atoms with E-state index in [1.807, 2.05) is 0 Å². The highest BCUT2D eigenvalue weighted by Crippen LogP contribution is 2.31. The van der Waals surface area contributed by atoms with Crippen molar-refractivity contribution in [3.05, 3.63) is 82.3 Å². The molecule has 2 aromatic carbocycles. The number of fused-ring (bicyclic) bond motifs is 1. The predicted octanol–water partition coefficient (Wildman–Crippen LogP) is 4.50. The first-order valence-corrected chi connectivity index (χ1v) is 11.6. The molecule has 0 aliphatic heterocycles. The van der Waals surface area contributed by atoms with E-state index in [1.54, 1.807) is 62.4 Å². The molecule has 3 aromatic rings. The Labute approximate surface area is 208 Å². The fourth-order valence-corrected chi connectivity index (χ4v) is 4.17. The van der Waals surface area contributed by atoms with Crippen molar-refractivity contribution >= 4 is 29.2 Å². The monoisotopic (exact) mass is 489 g/mol. The molecule has 1 heterocycles. The van der Waals surface area contributed by atoms with Crippen molar-refractivity contribution in [1.82, 2.24) is 5.43 Å². The number of esters is 1. The van der Waals surface area contributed by atoms with Gasteiger partial charge in [-0.25, -0.2) is 10.2 Å². The quantitative estimate of drug-likeness (QED) is 0.373. The lowest BCUT2D eigenvalue weighted by Gasteiger charge is -2.14. The van der Waals surface area contributed by atoms with Crippen molar-refractivity contribution in [3.8, 4) is 5.75 Å². The van der Waals surface area contributed by atoms with Crippen LogP contribution in [0.2, 0.25) is 0 Å². The summed E-state index contributed by atoms with van der Waals surface area (Å²) in [4.78, 5) is 38.1. The number of para-hydroxylation sites is 2. The minimum absolute atomic E-state index is 0.129. The van der Waals surface area contributed by atoms with Gasteiger partial charge in [-0.15, -0.1) is 0 Å². The molecule has 9 heteroatoms. The van der Waals surface area contributed by atoms with Crippen LogP contribution in [0, 0.1) is 6.92 Å². The van der Waals surface area contributed by atoms with E-state index in [0.717, 1.165) is 6.42 Å². The van der Waals surface area contributed by atoms with Crippen LogP contribution in [0.15, 0.2) is 58.0 Å². The van der Waals surface area contributed by atoms with E-state index in [2.05, 4.69) is 15.8 Å². The molecule has 0 fully saturated rings. The van der Waals surface area contributed by atoms with E-state index >= 15 is 0 Å². The molecule has 0 spiro atoms. The molecular weight excluding hydrogens is 462 g/mol. The first kappa shape index (κ1) is 24.7. The summed E-state index contributed by atoms with van der Waals surface area (Å²) in [6.45, 7) is 3.71. The second-order valence-electron chi connectivity index (χ2n) is 8.13. The summed E-state index contributed by atoms with van der Waals surface area (Å²) in [7, 11) is 1.50. The topological polar surface area (TPSA) is 119 Å². The van der Waals surface area contributed by atoms with Crippen LogP contribution in [-0.4, -0.2) is 37.2 Å². The number of amides is 2. The highest BCUT2D eigenvalue weighted by Gasteiger charge is 2.29. The molecule has 186 valence electrons. The lowest BCUT2D eigenvalue weighted by Crippen LogP contribution is -2.22. The van der Waals surface area contributed by atoms with Crippen LogP contribution in [0.5, 0.6) is 5.75 Å². The molecular formula is C27H27N3O6. The Balaban J connectivity index is 1.58. The number of nitrogens with one attached hydrogen (secondary N) is 2. The van der Waals surface area contributed by atoms with Crippen LogP contribution in [0.3, 0.4) is 0 Å². The number of nitrogens with zero attached hydrogens (tertiary/aromatic N) is 1. The third-order valence-corrected chi connectivity index (χ3v) is 5.85. The van der Waals surface area contributed by atoms with Gasteiger partial charge < -0.3 is 19.2 Å². The lowest BCUT2D eigenvalue weighted by atomic mass is 9.93. The molecule has 1 aromatic heterocycles. The Kier molecular flexibility index (Phi) is 7.48. The number of aryl methyl sites for hydroxylation is 1. The molecule has 0 saturated heterocycles. The third kappa shape index (κ3) is 5.00. The standard InChI is InChI=1S/C27H27N3O6/c1-4-35-27(33)17-10-5-7-12-19(17)28-26(32)24-16(2)23-20(13-9-15-22(23)36-24)29-30-25(31)18-11-6-8-14-21(18)34-3/h5-8,10-12,14H,4,9,13,15H2,1-3H3,(H,28,32)(H,30,31)/b29-20+. The molecule has 2 amide bonds.